The van der Waals surface area contributed by atoms with Crippen LogP contribution in [-0.2, 0) is 21.7 Å². The summed E-state index contributed by atoms with van der Waals surface area (Å²) in [6, 6.07) is 120. The van der Waals surface area contributed by atoms with Crippen LogP contribution in [-0.4, -0.2) is 0 Å². The van der Waals surface area contributed by atoms with Gasteiger partial charge in [-0.3, -0.25) is 0 Å². The van der Waals surface area contributed by atoms with Gasteiger partial charge in [-0.05, 0) is 214 Å². The van der Waals surface area contributed by atoms with Crippen LogP contribution in [0.4, 0.5) is 68.2 Å². The van der Waals surface area contributed by atoms with Crippen LogP contribution in [0.15, 0.2) is 322 Å². The van der Waals surface area contributed by atoms with Crippen molar-refractivity contribution in [1.29, 1.82) is 0 Å². The molecular weight excluding hydrogens is 1260 g/mol. The van der Waals surface area contributed by atoms with E-state index >= 15 is 0 Å². The predicted octanol–water partition coefficient (Wildman–Crippen LogP) is 28.1. The first kappa shape index (κ1) is 64.4. The second-order valence-corrected chi connectivity index (χ2v) is 31.2. The molecule has 0 aromatic heterocycles. The second-order valence-electron chi connectivity index (χ2n) is 31.2. The predicted molar refractivity (Wildman–Crippen MR) is 442 cm³/mol. The van der Waals surface area contributed by atoms with Crippen molar-refractivity contribution >= 4 is 101 Å². The number of rotatable bonds is 8. The zero-order valence-electron chi connectivity index (χ0n) is 61.2. The highest BCUT2D eigenvalue weighted by Gasteiger charge is 2.42. The summed E-state index contributed by atoms with van der Waals surface area (Å²) >= 11 is 0. The van der Waals surface area contributed by atoms with Gasteiger partial charge < -0.3 is 19.6 Å². The van der Waals surface area contributed by atoms with Crippen LogP contribution in [0.5, 0.6) is 0 Å². The topological polar surface area (TPSA) is 13.0 Å². The van der Waals surface area contributed by atoms with Crippen LogP contribution < -0.4 is 19.6 Å². The van der Waals surface area contributed by atoms with E-state index in [1.165, 1.54) is 156 Å². The lowest BCUT2D eigenvalue weighted by molar-refractivity contribution is 0.631. The molecule has 4 aliphatic rings. The highest BCUT2D eigenvalue weighted by atomic mass is 15.2. The first-order valence-electron chi connectivity index (χ1n) is 37.2. The first-order chi connectivity index (χ1) is 50.5. The van der Waals surface area contributed by atoms with Crippen molar-refractivity contribution in [3.8, 4) is 22.3 Å². The largest absolute Gasteiger partial charge is 0.310 e. The Kier molecular flexibility index (Phi) is 15.2. The Bertz CT molecular complexity index is 5460. The summed E-state index contributed by atoms with van der Waals surface area (Å²) in [6.07, 6.45) is 1.09. The summed E-state index contributed by atoms with van der Waals surface area (Å²) in [5.41, 5.74) is 30.9. The van der Waals surface area contributed by atoms with E-state index in [1.807, 2.05) is 0 Å². The summed E-state index contributed by atoms with van der Waals surface area (Å²) in [5, 5.41) is 7.73. The third-order valence-electron chi connectivity index (χ3n) is 23.9. The Labute approximate surface area is 613 Å². The molecule has 104 heavy (non-hydrogen) atoms. The summed E-state index contributed by atoms with van der Waals surface area (Å²) in [4.78, 5) is 9.99. The van der Waals surface area contributed by atoms with Crippen LogP contribution >= 0.6 is 0 Å². The molecule has 1 atom stereocenters. The number of benzene rings is 15. The van der Waals surface area contributed by atoms with Crippen LogP contribution in [0.25, 0.3) is 54.6 Å². The lowest BCUT2D eigenvalue weighted by Gasteiger charge is -2.43. The number of hydrogen-bond acceptors (Lipinski definition) is 4. The Morgan fingerprint density at radius 3 is 0.760 bits per heavy atom. The number of fused-ring (bicyclic) bond motifs is 14. The van der Waals surface area contributed by atoms with Crippen molar-refractivity contribution < 1.29 is 0 Å². The minimum absolute atomic E-state index is 0.0861. The molecule has 0 saturated carbocycles. The van der Waals surface area contributed by atoms with E-state index in [0.29, 0.717) is 5.92 Å². The lowest BCUT2D eigenvalue weighted by atomic mass is 9.73. The SMILES string of the molecule is CC1(C)c2ccccc2N(c2cc(-c3cccc(-c4ccc5c6ccccc6c6ccccc6c5c4)c3)cc(N3c4ccccc4C(C)(C)c4ccccc43)c2)c2ccccc21.CCC(C)c1cc(N2c3ccccc3C(C)(C)c3ccccc32)cc(N2c3ccccc3C(C)(C)c3ccccc32)c1. The first-order valence-corrected chi connectivity index (χ1v) is 37.2. The van der Waals surface area contributed by atoms with Crippen LogP contribution in [0.1, 0.15) is 132 Å². The summed E-state index contributed by atoms with van der Waals surface area (Å²) in [7, 11) is 0. The van der Waals surface area contributed by atoms with Gasteiger partial charge in [0, 0.05) is 44.4 Å². The summed E-state index contributed by atoms with van der Waals surface area (Å²) in [6.45, 7) is 23.5. The molecule has 0 amide bonds. The third-order valence-corrected chi connectivity index (χ3v) is 23.9. The molecule has 1 unspecified atom stereocenters. The molecule has 19 rings (SSSR count). The normalized spacial score (nSPS) is 15.4. The Morgan fingerprint density at radius 2 is 0.462 bits per heavy atom. The fourth-order valence-electron chi connectivity index (χ4n) is 18.2. The molecule has 15 aromatic rings. The quantitative estimate of drug-likeness (QED) is 0.141. The zero-order valence-corrected chi connectivity index (χ0v) is 61.2. The molecule has 0 radical (unpaired) electrons. The van der Waals surface area contributed by atoms with E-state index in [4.69, 9.17) is 0 Å². The highest BCUT2D eigenvalue weighted by Crippen LogP contribution is 2.59. The number of anilines is 12. The Balaban J connectivity index is 0.000000160. The monoisotopic (exact) mass is 1340 g/mol. The van der Waals surface area contributed by atoms with E-state index in [1.54, 1.807) is 0 Å². The number of hydrogen-bond donors (Lipinski definition) is 0. The van der Waals surface area contributed by atoms with Crippen molar-refractivity contribution in [2.45, 2.75) is 103 Å². The van der Waals surface area contributed by atoms with E-state index in [0.717, 1.165) is 23.4 Å². The van der Waals surface area contributed by atoms with Crippen LogP contribution in [0.2, 0.25) is 0 Å². The molecule has 0 N–H and O–H groups in total. The van der Waals surface area contributed by atoms with Gasteiger partial charge in [-0.25, -0.2) is 0 Å². The Hall–Kier alpha value is -11.7. The average Bonchev–Trinajstić information content (AvgIpc) is 0.732. The van der Waals surface area contributed by atoms with Gasteiger partial charge in [0.15, 0.2) is 0 Å². The van der Waals surface area contributed by atoms with Crippen molar-refractivity contribution in [3.63, 3.8) is 0 Å². The second kappa shape index (κ2) is 24.5. The molecule has 15 aromatic carbocycles. The summed E-state index contributed by atoms with van der Waals surface area (Å²) in [5.74, 6) is 0.433. The number of nitrogens with zero attached hydrogens (tertiary/aromatic N) is 4. The van der Waals surface area contributed by atoms with Crippen molar-refractivity contribution in [2.75, 3.05) is 19.6 Å². The fourth-order valence-corrected chi connectivity index (χ4v) is 18.2. The van der Waals surface area contributed by atoms with Gasteiger partial charge in [0.25, 0.3) is 0 Å². The maximum absolute atomic E-state index is 2.50. The van der Waals surface area contributed by atoms with Crippen molar-refractivity contribution in [1.82, 2.24) is 0 Å². The molecule has 4 nitrogen and oxygen atoms in total. The van der Waals surface area contributed by atoms with Crippen molar-refractivity contribution in [3.05, 3.63) is 372 Å². The average molecular weight is 1340 g/mol. The smallest absolute Gasteiger partial charge is 0.0502 e. The van der Waals surface area contributed by atoms with Gasteiger partial charge in [0.2, 0.25) is 0 Å². The van der Waals surface area contributed by atoms with E-state index in [2.05, 4.69) is 410 Å². The van der Waals surface area contributed by atoms with E-state index in [-0.39, 0.29) is 21.7 Å². The zero-order chi connectivity index (χ0) is 71.0. The maximum Gasteiger partial charge on any atom is 0.0502 e. The van der Waals surface area contributed by atoms with E-state index in [9.17, 15) is 0 Å². The summed E-state index contributed by atoms with van der Waals surface area (Å²) < 4.78 is 0. The molecule has 0 saturated heterocycles. The molecule has 4 aliphatic heterocycles. The molecule has 0 aliphatic carbocycles. The minimum Gasteiger partial charge on any atom is -0.310 e. The van der Waals surface area contributed by atoms with Gasteiger partial charge >= 0.3 is 0 Å². The van der Waals surface area contributed by atoms with Crippen molar-refractivity contribution in [2.24, 2.45) is 0 Å². The molecule has 0 bridgehead atoms. The van der Waals surface area contributed by atoms with Gasteiger partial charge in [-0.15, -0.1) is 0 Å². The van der Waals surface area contributed by atoms with Gasteiger partial charge in [0.1, 0.15) is 0 Å². The minimum atomic E-state index is -0.160. The molecule has 0 spiro atoms. The highest BCUT2D eigenvalue weighted by molar-refractivity contribution is 6.25. The van der Waals surface area contributed by atoms with Crippen LogP contribution in [0, 0.1) is 0 Å². The molecule has 4 heteroatoms. The van der Waals surface area contributed by atoms with Gasteiger partial charge in [0.05, 0.1) is 45.5 Å². The standard InChI is InChI=1S/C60H46N2.C40H40N2/c1-59(2)51-24-9-13-28-55(51)61(56-29-14-10-25-52(56)59)43-35-42(36-44(38-43)62-57-30-15-11-26-53(57)60(3,4)54-27-12-16-31-58(54)62)40-19-17-18-39(34-40)41-32-33-49-47-22-6-5-20-45(47)46-21-7-8-23-48(46)50(49)37-41;1-7-27(2)28-24-29(41-35-20-12-8-16-31(35)39(3,4)32-17-9-13-21-36(32)41)26-30(25-28)42-37-22-14-10-18-33(37)40(5,6)34-19-11-15-23-38(34)42/h5-38H,1-4H3;8-27H,7H2,1-6H3. The van der Waals surface area contributed by atoms with Crippen LogP contribution in [0.3, 0.4) is 0 Å². The van der Waals surface area contributed by atoms with Gasteiger partial charge in [-0.2, -0.15) is 0 Å². The lowest BCUT2D eigenvalue weighted by Crippen LogP contribution is -2.31. The third kappa shape index (κ3) is 10.1. The molecular formula is C100H86N4. The maximum atomic E-state index is 2.50. The molecule has 0 fully saturated rings. The Morgan fingerprint density at radius 1 is 0.221 bits per heavy atom. The fraction of sp³-hybridized carbons (Fsp3) is 0.160. The molecule has 506 valence electrons. The van der Waals surface area contributed by atoms with E-state index < -0.39 is 0 Å². The number of para-hydroxylation sites is 8. The molecule has 4 heterocycles. The van der Waals surface area contributed by atoms with Gasteiger partial charge in [-0.1, -0.05) is 294 Å².